The molecule has 1 aromatic carbocycles. The molecule has 3 rings (SSSR count). The Hall–Kier alpha value is -1.35. The number of carbonyl (C=O) groups is 1. The molecule has 0 unspecified atom stereocenters. The highest BCUT2D eigenvalue weighted by atomic mass is 127. The number of amides is 1. The van der Waals surface area contributed by atoms with Gasteiger partial charge >= 0.3 is 0 Å². The summed E-state index contributed by atoms with van der Waals surface area (Å²) in [5.74, 6) is 1.16. The fourth-order valence-electron chi connectivity index (χ4n) is 3.29. The van der Waals surface area contributed by atoms with Crippen molar-refractivity contribution in [3.8, 4) is 0 Å². The number of hydrogen-bond acceptors (Lipinski definition) is 3. The number of aryl methyl sites for hydroxylation is 1. The van der Waals surface area contributed by atoms with Gasteiger partial charge in [0.25, 0.3) is 0 Å². The molecule has 1 aromatic rings. The van der Waals surface area contributed by atoms with Gasteiger partial charge in [-0.2, -0.15) is 0 Å². The molecule has 1 aliphatic heterocycles. The van der Waals surface area contributed by atoms with Crippen LogP contribution in [0.4, 0.5) is 0 Å². The van der Waals surface area contributed by atoms with Crippen LogP contribution in [0.2, 0.25) is 0 Å². The zero-order chi connectivity index (χ0) is 19.1. The van der Waals surface area contributed by atoms with Crippen molar-refractivity contribution in [1.29, 1.82) is 0 Å². The SMILES string of the molecule is CCNC(=NCCc1ccc(C)cc1)N1CCN(CC(=O)NC2CC2)CC1.I. The third-order valence-corrected chi connectivity index (χ3v) is 5.10. The van der Waals surface area contributed by atoms with Crippen LogP contribution in [-0.4, -0.2) is 73.5 Å². The number of guanidine groups is 1. The van der Waals surface area contributed by atoms with Gasteiger partial charge in [0.1, 0.15) is 0 Å². The van der Waals surface area contributed by atoms with Crippen molar-refractivity contribution in [2.75, 3.05) is 45.8 Å². The summed E-state index contributed by atoms with van der Waals surface area (Å²) < 4.78 is 0. The minimum atomic E-state index is 0. The number of aliphatic imine (C=N–C) groups is 1. The molecule has 0 spiro atoms. The van der Waals surface area contributed by atoms with Crippen LogP contribution in [-0.2, 0) is 11.2 Å². The Labute approximate surface area is 186 Å². The molecule has 156 valence electrons. The number of halogens is 1. The molecule has 7 heteroatoms. The predicted molar refractivity (Wildman–Crippen MR) is 125 cm³/mol. The molecule has 2 N–H and O–H groups in total. The third-order valence-electron chi connectivity index (χ3n) is 5.10. The molecule has 6 nitrogen and oxygen atoms in total. The largest absolute Gasteiger partial charge is 0.357 e. The molecule has 28 heavy (non-hydrogen) atoms. The van der Waals surface area contributed by atoms with Crippen LogP contribution < -0.4 is 10.6 Å². The van der Waals surface area contributed by atoms with E-state index in [-0.39, 0.29) is 29.9 Å². The predicted octanol–water partition coefficient (Wildman–Crippen LogP) is 2.02. The van der Waals surface area contributed by atoms with E-state index in [4.69, 9.17) is 4.99 Å². The highest BCUT2D eigenvalue weighted by molar-refractivity contribution is 14.0. The lowest BCUT2D eigenvalue weighted by Gasteiger charge is -2.36. The summed E-state index contributed by atoms with van der Waals surface area (Å²) in [6.45, 7) is 10.0. The van der Waals surface area contributed by atoms with Gasteiger partial charge in [-0.1, -0.05) is 29.8 Å². The van der Waals surface area contributed by atoms with Crippen LogP contribution in [0.25, 0.3) is 0 Å². The number of nitrogens with zero attached hydrogens (tertiary/aromatic N) is 3. The van der Waals surface area contributed by atoms with E-state index < -0.39 is 0 Å². The van der Waals surface area contributed by atoms with E-state index in [1.165, 1.54) is 11.1 Å². The van der Waals surface area contributed by atoms with Gasteiger partial charge < -0.3 is 15.5 Å². The first-order valence-corrected chi connectivity index (χ1v) is 10.2. The molecule has 1 saturated carbocycles. The van der Waals surface area contributed by atoms with Crippen molar-refractivity contribution in [1.82, 2.24) is 20.4 Å². The standard InChI is InChI=1S/C21H33N5O.HI/c1-3-22-21(23-11-10-18-6-4-17(2)5-7-18)26-14-12-25(13-15-26)16-20(27)24-19-8-9-19;/h4-7,19H,3,8-16H2,1-2H3,(H,22,23)(H,24,27);1H. The molecular weight excluding hydrogens is 465 g/mol. The third kappa shape index (κ3) is 7.58. The molecule has 1 aliphatic carbocycles. The van der Waals surface area contributed by atoms with Gasteiger partial charge in [-0.3, -0.25) is 14.7 Å². The Morgan fingerprint density at radius 1 is 1.14 bits per heavy atom. The van der Waals surface area contributed by atoms with Crippen molar-refractivity contribution < 1.29 is 4.79 Å². The number of benzene rings is 1. The topological polar surface area (TPSA) is 60.0 Å². The zero-order valence-corrected chi connectivity index (χ0v) is 19.4. The summed E-state index contributed by atoms with van der Waals surface area (Å²) in [7, 11) is 0. The van der Waals surface area contributed by atoms with Crippen molar-refractivity contribution in [3.05, 3.63) is 35.4 Å². The van der Waals surface area contributed by atoms with Gasteiger partial charge in [-0.15, -0.1) is 24.0 Å². The Bertz CT molecular complexity index is 637. The van der Waals surface area contributed by atoms with E-state index in [1.54, 1.807) is 0 Å². The number of piperazine rings is 1. The maximum Gasteiger partial charge on any atom is 0.234 e. The van der Waals surface area contributed by atoms with Gasteiger partial charge in [0.2, 0.25) is 5.91 Å². The molecule has 0 atom stereocenters. The lowest BCUT2D eigenvalue weighted by molar-refractivity contribution is -0.122. The summed E-state index contributed by atoms with van der Waals surface area (Å²) >= 11 is 0. The molecule has 1 saturated heterocycles. The van der Waals surface area contributed by atoms with E-state index in [0.717, 1.165) is 64.5 Å². The second-order valence-electron chi connectivity index (χ2n) is 7.58. The van der Waals surface area contributed by atoms with Gasteiger partial charge in [0.05, 0.1) is 6.54 Å². The van der Waals surface area contributed by atoms with Crippen molar-refractivity contribution in [2.45, 2.75) is 39.2 Å². The molecule has 0 bridgehead atoms. The molecular formula is C21H34IN5O. The quantitative estimate of drug-likeness (QED) is 0.343. The summed E-state index contributed by atoms with van der Waals surface area (Å²) in [5.41, 5.74) is 2.62. The number of hydrogen-bond donors (Lipinski definition) is 2. The first-order valence-electron chi connectivity index (χ1n) is 10.2. The molecule has 1 amide bonds. The Morgan fingerprint density at radius 3 is 2.43 bits per heavy atom. The maximum atomic E-state index is 12.0. The van der Waals surface area contributed by atoms with Gasteiger partial charge in [-0.05, 0) is 38.7 Å². The first kappa shape index (κ1) is 22.9. The van der Waals surface area contributed by atoms with Gasteiger partial charge in [-0.25, -0.2) is 0 Å². The average Bonchev–Trinajstić information content (AvgIpc) is 3.47. The second-order valence-corrected chi connectivity index (χ2v) is 7.58. The summed E-state index contributed by atoms with van der Waals surface area (Å²) in [5, 5.41) is 6.49. The first-order chi connectivity index (χ1) is 13.1. The highest BCUT2D eigenvalue weighted by Crippen LogP contribution is 2.18. The second kappa shape index (κ2) is 11.6. The maximum absolute atomic E-state index is 12.0. The van der Waals surface area contributed by atoms with Crippen molar-refractivity contribution >= 4 is 35.8 Å². The Morgan fingerprint density at radius 2 is 1.82 bits per heavy atom. The van der Waals surface area contributed by atoms with E-state index in [1.807, 2.05) is 0 Å². The van der Waals surface area contributed by atoms with E-state index >= 15 is 0 Å². The molecule has 0 radical (unpaired) electrons. The van der Waals surface area contributed by atoms with E-state index in [2.05, 4.69) is 58.5 Å². The zero-order valence-electron chi connectivity index (χ0n) is 17.1. The van der Waals surface area contributed by atoms with E-state index in [0.29, 0.717) is 12.6 Å². The minimum Gasteiger partial charge on any atom is -0.357 e. The molecule has 1 heterocycles. The monoisotopic (exact) mass is 499 g/mol. The van der Waals surface area contributed by atoms with Crippen LogP contribution in [0.15, 0.2) is 29.3 Å². The Balaban J connectivity index is 0.00000280. The number of carbonyl (C=O) groups excluding carboxylic acids is 1. The smallest absolute Gasteiger partial charge is 0.234 e. The van der Waals surface area contributed by atoms with Crippen molar-refractivity contribution in [3.63, 3.8) is 0 Å². The Kier molecular flexibility index (Phi) is 9.50. The van der Waals surface area contributed by atoms with Crippen LogP contribution in [0.1, 0.15) is 30.9 Å². The van der Waals surface area contributed by atoms with Crippen LogP contribution >= 0.6 is 24.0 Å². The van der Waals surface area contributed by atoms with Gasteiger partial charge in [0.15, 0.2) is 5.96 Å². The highest BCUT2D eigenvalue weighted by Gasteiger charge is 2.25. The normalized spacial score (nSPS) is 17.8. The summed E-state index contributed by atoms with van der Waals surface area (Å²) in [6, 6.07) is 9.12. The summed E-state index contributed by atoms with van der Waals surface area (Å²) in [4.78, 5) is 21.3. The minimum absolute atomic E-state index is 0. The molecule has 2 aliphatic rings. The van der Waals surface area contributed by atoms with Crippen LogP contribution in [0.3, 0.4) is 0 Å². The average molecular weight is 499 g/mol. The molecule has 2 fully saturated rings. The van der Waals surface area contributed by atoms with Crippen molar-refractivity contribution in [2.24, 2.45) is 4.99 Å². The van der Waals surface area contributed by atoms with Gasteiger partial charge in [0, 0.05) is 45.3 Å². The molecule has 0 aromatic heterocycles. The fourth-order valence-corrected chi connectivity index (χ4v) is 3.29. The van der Waals surface area contributed by atoms with Crippen LogP contribution in [0, 0.1) is 6.92 Å². The fraction of sp³-hybridized carbons (Fsp3) is 0.619. The lowest BCUT2D eigenvalue weighted by Crippen LogP contribution is -2.54. The number of rotatable bonds is 7. The van der Waals surface area contributed by atoms with E-state index in [9.17, 15) is 4.79 Å². The lowest BCUT2D eigenvalue weighted by atomic mass is 10.1. The number of nitrogens with one attached hydrogen (secondary N) is 2. The van der Waals surface area contributed by atoms with Crippen LogP contribution in [0.5, 0.6) is 0 Å². The summed E-state index contributed by atoms with van der Waals surface area (Å²) in [6.07, 6.45) is 3.24.